The molecule has 0 atom stereocenters. The first-order valence-electron chi connectivity index (χ1n) is 8.13. The Morgan fingerprint density at radius 3 is 2.44 bits per heavy atom. The summed E-state index contributed by atoms with van der Waals surface area (Å²) in [6.07, 6.45) is 0. The number of hydrogen-bond donors (Lipinski definition) is 1. The van der Waals surface area contributed by atoms with E-state index in [1.54, 1.807) is 19.2 Å². The molecular weight excluding hydrogens is 343 g/mol. The highest BCUT2D eigenvalue weighted by molar-refractivity contribution is 7.90. The lowest BCUT2D eigenvalue weighted by molar-refractivity contribution is 0.00578. The molecule has 1 aromatic rings. The lowest BCUT2D eigenvalue weighted by Gasteiger charge is -2.32. The second kappa shape index (κ2) is 6.08. The van der Waals surface area contributed by atoms with Crippen LogP contribution in [0, 0.1) is 0 Å². The number of amidine groups is 1. The van der Waals surface area contributed by atoms with Crippen LogP contribution in [0.25, 0.3) is 0 Å². The van der Waals surface area contributed by atoms with Crippen molar-refractivity contribution in [1.29, 1.82) is 0 Å². The van der Waals surface area contributed by atoms with E-state index in [9.17, 15) is 8.42 Å². The molecule has 2 aliphatic heterocycles. The van der Waals surface area contributed by atoms with Crippen LogP contribution in [0.15, 0.2) is 28.1 Å². The van der Waals surface area contributed by atoms with Gasteiger partial charge in [-0.05, 0) is 39.2 Å². The van der Waals surface area contributed by atoms with Gasteiger partial charge in [0.25, 0.3) is 10.0 Å². The van der Waals surface area contributed by atoms with E-state index in [-0.39, 0.29) is 4.90 Å². The Morgan fingerprint density at radius 2 is 1.84 bits per heavy atom. The SMILES string of the molecule is COCCN=C1NS(=O)(=O)c2cc(B3OC(C)(C)C(C)(C)O3)ccc21. The van der Waals surface area contributed by atoms with Crippen LogP contribution in [0.4, 0.5) is 0 Å². The van der Waals surface area contributed by atoms with Crippen molar-refractivity contribution in [2.75, 3.05) is 20.3 Å². The summed E-state index contributed by atoms with van der Waals surface area (Å²) in [6.45, 7) is 8.64. The third-order valence-corrected chi connectivity index (χ3v) is 6.25. The van der Waals surface area contributed by atoms with E-state index in [1.807, 2.05) is 33.8 Å². The summed E-state index contributed by atoms with van der Waals surface area (Å²) >= 11 is 0. The number of rotatable bonds is 4. The third kappa shape index (κ3) is 3.21. The highest BCUT2D eigenvalue weighted by Crippen LogP contribution is 2.36. The Balaban J connectivity index is 1.94. The number of sulfonamides is 1. The molecule has 0 bridgehead atoms. The summed E-state index contributed by atoms with van der Waals surface area (Å²) in [6, 6.07) is 5.15. The number of nitrogens with zero attached hydrogens (tertiary/aromatic N) is 1. The van der Waals surface area contributed by atoms with Crippen molar-refractivity contribution >= 4 is 28.4 Å². The number of methoxy groups -OCH3 is 1. The summed E-state index contributed by atoms with van der Waals surface area (Å²) in [5.74, 6) is 0.340. The van der Waals surface area contributed by atoms with Crippen molar-refractivity contribution in [3.63, 3.8) is 0 Å². The maximum Gasteiger partial charge on any atom is 0.494 e. The second-order valence-corrected chi connectivity index (χ2v) is 8.82. The summed E-state index contributed by atoms with van der Waals surface area (Å²) in [7, 11) is -2.67. The smallest absolute Gasteiger partial charge is 0.399 e. The number of ether oxygens (including phenoxy) is 1. The van der Waals surface area contributed by atoms with Crippen LogP contribution in [-0.2, 0) is 24.1 Å². The minimum Gasteiger partial charge on any atom is -0.399 e. The van der Waals surface area contributed by atoms with Crippen molar-refractivity contribution in [2.45, 2.75) is 43.8 Å². The molecule has 3 rings (SSSR count). The lowest BCUT2D eigenvalue weighted by Crippen LogP contribution is -2.41. The summed E-state index contributed by atoms with van der Waals surface area (Å²) in [5, 5.41) is 0. The van der Waals surface area contributed by atoms with Crippen LogP contribution < -0.4 is 10.2 Å². The van der Waals surface area contributed by atoms with Gasteiger partial charge in [-0.15, -0.1) is 0 Å². The molecule has 0 aliphatic carbocycles. The topological polar surface area (TPSA) is 86.2 Å². The van der Waals surface area contributed by atoms with Crippen molar-refractivity contribution in [1.82, 2.24) is 4.72 Å². The van der Waals surface area contributed by atoms with Crippen LogP contribution in [0.1, 0.15) is 33.3 Å². The molecular formula is C16H23BN2O5S. The Labute approximate surface area is 149 Å². The quantitative estimate of drug-likeness (QED) is 0.625. The number of hydrogen-bond acceptors (Lipinski definition) is 6. The van der Waals surface area contributed by atoms with Gasteiger partial charge in [-0.3, -0.25) is 9.71 Å². The van der Waals surface area contributed by atoms with Crippen LogP contribution in [0.3, 0.4) is 0 Å². The van der Waals surface area contributed by atoms with Crippen LogP contribution in [0.5, 0.6) is 0 Å². The molecule has 9 heteroatoms. The zero-order chi connectivity index (χ0) is 18.5. The van der Waals surface area contributed by atoms with Crippen LogP contribution in [0.2, 0.25) is 0 Å². The van der Waals surface area contributed by atoms with E-state index in [4.69, 9.17) is 14.0 Å². The monoisotopic (exact) mass is 366 g/mol. The first-order chi connectivity index (χ1) is 11.6. The Bertz CT molecular complexity index is 804. The average Bonchev–Trinajstić information content (AvgIpc) is 2.89. The predicted molar refractivity (Wildman–Crippen MR) is 95.8 cm³/mol. The molecule has 25 heavy (non-hydrogen) atoms. The third-order valence-electron chi connectivity index (χ3n) is 4.87. The molecule has 1 saturated heterocycles. The number of nitrogens with one attached hydrogen (secondary N) is 1. The van der Waals surface area contributed by atoms with Crippen molar-refractivity contribution in [3.05, 3.63) is 23.8 Å². The van der Waals surface area contributed by atoms with Gasteiger partial charge < -0.3 is 14.0 Å². The summed E-state index contributed by atoms with van der Waals surface area (Å²) in [5.41, 5.74) is 0.249. The zero-order valence-electron chi connectivity index (χ0n) is 15.1. The maximum atomic E-state index is 12.4. The Hall–Kier alpha value is -1.42. The van der Waals surface area contributed by atoms with Gasteiger partial charge >= 0.3 is 7.12 Å². The fourth-order valence-corrected chi connectivity index (χ4v) is 3.97. The van der Waals surface area contributed by atoms with E-state index < -0.39 is 28.3 Å². The van der Waals surface area contributed by atoms with E-state index >= 15 is 0 Å². The van der Waals surface area contributed by atoms with Gasteiger partial charge in [0.05, 0.1) is 29.2 Å². The minimum atomic E-state index is -3.63. The molecule has 0 unspecified atom stereocenters. The molecule has 7 nitrogen and oxygen atoms in total. The average molecular weight is 366 g/mol. The molecule has 0 spiro atoms. The van der Waals surface area contributed by atoms with E-state index in [0.29, 0.717) is 30.0 Å². The maximum absolute atomic E-state index is 12.4. The van der Waals surface area contributed by atoms with Crippen LogP contribution >= 0.6 is 0 Å². The first kappa shape index (κ1) is 18.4. The van der Waals surface area contributed by atoms with Crippen LogP contribution in [-0.4, -0.2) is 52.8 Å². The molecule has 2 heterocycles. The molecule has 1 aromatic carbocycles. The molecule has 0 aromatic heterocycles. The molecule has 136 valence electrons. The van der Waals surface area contributed by atoms with Gasteiger partial charge in [0.15, 0.2) is 0 Å². The summed E-state index contributed by atoms with van der Waals surface area (Å²) in [4.78, 5) is 4.45. The standard InChI is InChI=1S/C16H23BN2O5S/c1-15(2)16(3,4)24-17(23-15)11-6-7-12-13(10-11)25(20,21)19-14(12)18-8-9-22-5/h6-7,10H,8-9H2,1-5H3,(H,18,19). The van der Waals surface area contributed by atoms with E-state index in [0.717, 1.165) is 0 Å². The number of fused-ring (bicyclic) bond motifs is 1. The van der Waals surface area contributed by atoms with Gasteiger partial charge in [0.2, 0.25) is 0 Å². The predicted octanol–water partition coefficient (Wildman–Crippen LogP) is 0.671. The Morgan fingerprint density at radius 1 is 1.20 bits per heavy atom. The van der Waals surface area contributed by atoms with Crippen molar-refractivity contribution in [2.24, 2.45) is 4.99 Å². The van der Waals surface area contributed by atoms with Crippen molar-refractivity contribution < 1.29 is 22.5 Å². The van der Waals surface area contributed by atoms with E-state index in [1.165, 1.54) is 0 Å². The number of benzene rings is 1. The lowest BCUT2D eigenvalue weighted by atomic mass is 9.79. The van der Waals surface area contributed by atoms with Gasteiger partial charge in [-0.2, -0.15) is 0 Å². The van der Waals surface area contributed by atoms with E-state index in [2.05, 4.69) is 9.71 Å². The fraction of sp³-hybridized carbons (Fsp3) is 0.562. The van der Waals surface area contributed by atoms with Crippen molar-refractivity contribution in [3.8, 4) is 0 Å². The largest absolute Gasteiger partial charge is 0.494 e. The molecule has 0 radical (unpaired) electrons. The Kier molecular flexibility index (Phi) is 4.47. The normalized spacial score (nSPS) is 24.4. The number of aliphatic imine (C=N–C) groups is 1. The van der Waals surface area contributed by atoms with Gasteiger partial charge in [0, 0.05) is 12.7 Å². The second-order valence-electron chi connectivity index (χ2n) is 7.17. The fourth-order valence-electron chi connectivity index (χ4n) is 2.69. The molecule has 2 aliphatic rings. The zero-order valence-corrected chi connectivity index (χ0v) is 15.9. The molecule has 0 saturated carbocycles. The molecule has 0 amide bonds. The molecule has 1 N–H and O–H groups in total. The van der Waals surface area contributed by atoms with Gasteiger partial charge in [-0.1, -0.05) is 12.1 Å². The highest BCUT2D eigenvalue weighted by Gasteiger charge is 2.52. The highest BCUT2D eigenvalue weighted by atomic mass is 32.2. The minimum absolute atomic E-state index is 0.191. The van der Waals surface area contributed by atoms with Gasteiger partial charge in [-0.25, -0.2) is 8.42 Å². The molecule has 1 fully saturated rings. The first-order valence-corrected chi connectivity index (χ1v) is 9.62. The van der Waals surface area contributed by atoms with Gasteiger partial charge in [0.1, 0.15) is 5.84 Å². The summed E-state index contributed by atoms with van der Waals surface area (Å²) < 4.78 is 44.3.